The molecular formula is C12H9N5O3S. The highest BCUT2D eigenvalue weighted by molar-refractivity contribution is 7.92. The Morgan fingerprint density at radius 2 is 2.24 bits per heavy atom. The van der Waals surface area contributed by atoms with Crippen LogP contribution in [0.15, 0.2) is 34.4 Å². The Morgan fingerprint density at radius 1 is 1.43 bits per heavy atom. The average Bonchev–Trinajstić information content (AvgIpc) is 3.10. The van der Waals surface area contributed by atoms with Gasteiger partial charge in [0, 0.05) is 11.6 Å². The van der Waals surface area contributed by atoms with E-state index in [-0.39, 0.29) is 0 Å². The van der Waals surface area contributed by atoms with Crippen LogP contribution in [0.25, 0.3) is 10.9 Å². The van der Waals surface area contributed by atoms with Gasteiger partial charge in [0.1, 0.15) is 6.07 Å². The molecule has 3 rings (SSSR count). The second kappa shape index (κ2) is 4.60. The lowest BCUT2D eigenvalue weighted by Crippen LogP contribution is -2.13. The number of hydrogen-bond acceptors (Lipinski definition) is 6. The molecule has 0 spiro atoms. The number of benzene rings is 1. The van der Waals surface area contributed by atoms with Crippen LogP contribution in [-0.4, -0.2) is 23.6 Å². The Balaban J connectivity index is 2.13. The number of fused-ring (bicyclic) bond motifs is 1. The highest BCUT2D eigenvalue weighted by Gasteiger charge is 2.22. The summed E-state index contributed by atoms with van der Waals surface area (Å²) in [5.74, 6) is 0. The summed E-state index contributed by atoms with van der Waals surface area (Å²) in [6.45, 7) is 1.84. The lowest BCUT2D eigenvalue weighted by atomic mass is 10.1. The van der Waals surface area contributed by atoms with Gasteiger partial charge in [-0.25, -0.2) is 0 Å². The average molecular weight is 303 g/mol. The molecule has 2 aromatic heterocycles. The molecule has 21 heavy (non-hydrogen) atoms. The minimum atomic E-state index is -3.96. The zero-order valence-corrected chi connectivity index (χ0v) is 11.6. The van der Waals surface area contributed by atoms with Gasteiger partial charge < -0.3 is 9.40 Å². The van der Waals surface area contributed by atoms with Crippen LogP contribution in [0.3, 0.4) is 0 Å². The number of aryl methyl sites for hydroxylation is 1. The maximum absolute atomic E-state index is 12.1. The van der Waals surface area contributed by atoms with Crippen molar-refractivity contribution in [2.45, 2.75) is 12.1 Å². The van der Waals surface area contributed by atoms with E-state index in [1.807, 2.05) is 6.92 Å². The molecule has 2 heterocycles. The number of sulfonamides is 1. The molecule has 0 saturated heterocycles. The van der Waals surface area contributed by atoms with Gasteiger partial charge in [-0.3, -0.25) is 4.72 Å². The molecule has 3 aromatic rings. The fourth-order valence-electron chi connectivity index (χ4n) is 2.06. The van der Waals surface area contributed by atoms with Crippen LogP contribution in [0, 0.1) is 18.3 Å². The predicted molar refractivity (Wildman–Crippen MR) is 72.9 cm³/mol. The first-order chi connectivity index (χ1) is 10.0. The molecule has 9 heteroatoms. The van der Waals surface area contributed by atoms with Gasteiger partial charge in [-0.1, -0.05) is 11.2 Å². The third-order valence-corrected chi connectivity index (χ3v) is 4.10. The fraction of sp³-hybridized carbons (Fsp3) is 0.0833. The number of H-pyrrole nitrogens is 1. The number of nitrogens with one attached hydrogen (secondary N) is 2. The molecule has 0 aliphatic carbocycles. The Morgan fingerprint density at radius 3 is 2.90 bits per heavy atom. The standard InChI is InChI=1S/C12H9N5O3S/c1-7-2-3-9(11-10(7)8(4-13)5-14-11)17-21(18,19)12-16-15-6-20-12/h2-3,5-6,14,17H,1H3. The summed E-state index contributed by atoms with van der Waals surface area (Å²) in [5.41, 5.74) is 2.13. The van der Waals surface area contributed by atoms with Gasteiger partial charge in [-0.2, -0.15) is 13.7 Å². The van der Waals surface area contributed by atoms with E-state index in [2.05, 4.69) is 26.0 Å². The Labute approximate surface area is 119 Å². The molecule has 0 aliphatic rings. The molecule has 2 N–H and O–H groups in total. The number of nitrogens with zero attached hydrogens (tertiary/aromatic N) is 3. The lowest BCUT2D eigenvalue weighted by Gasteiger charge is -2.07. The summed E-state index contributed by atoms with van der Waals surface area (Å²) in [4.78, 5) is 2.90. The quantitative estimate of drug-likeness (QED) is 0.756. The lowest BCUT2D eigenvalue weighted by molar-refractivity contribution is 0.431. The van der Waals surface area contributed by atoms with E-state index >= 15 is 0 Å². The number of aromatic nitrogens is 3. The molecule has 106 valence electrons. The van der Waals surface area contributed by atoms with Crippen LogP contribution in [-0.2, 0) is 10.0 Å². The Bertz CT molecular complexity index is 951. The molecule has 0 aliphatic heterocycles. The summed E-state index contributed by atoms with van der Waals surface area (Å²) in [5, 5.41) is 15.9. The predicted octanol–water partition coefficient (Wildman–Crippen LogP) is 1.53. The van der Waals surface area contributed by atoms with Crippen LogP contribution in [0.2, 0.25) is 0 Å². The number of rotatable bonds is 3. The van der Waals surface area contributed by atoms with Crippen LogP contribution < -0.4 is 4.72 Å². The van der Waals surface area contributed by atoms with Crippen LogP contribution in [0.1, 0.15) is 11.1 Å². The zero-order valence-electron chi connectivity index (χ0n) is 10.8. The fourth-order valence-corrected chi connectivity index (χ4v) is 2.93. The van der Waals surface area contributed by atoms with Crippen molar-refractivity contribution in [3.8, 4) is 6.07 Å². The number of aromatic amines is 1. The smallest absolute Gasteiger partial charge is 0.356 e. The van der Waals surface area contributed by atoms with Crippen molar-refractivity contribution in [1.82, 2.24) is 15.2 Å². The minimum Gasteiger partial charge on any atom is -0.414 e. The van der Waals surface area contributed by atoms with Gasteiger partial charge >= 0.3 is 15.2 Å². The monoisotopic (exact) mass is 303 g/mol. The van der Waals surface area contributed by atoms with Crippen molar-refractivity contribution < 1.29 is 12.8 Å². The summed E-state index contributed by atoms with van der Waals surface area (Å²) in [6.07, 6.45) is 2.46. The normalized spacial score (nSPS) is 11.4. The molecular weight excluding hydrogens is 294 g/mol. The van der Waals surface area contributed by atoms with Crippen molar-refractivity contribution in [1.29, 1.82) is 5.26 Å². The second-order valence-electron chi connectivity index (χ2n) is 4.30. The maximum Gasteiger partial charge on any atom is 0.356 e. The van der Waals surface area contributed by atoms with Crippen LogP contribution >= 0.6 is 0 Å². The third kappa shape index (κ3) is 2.11. The van der Waals surface area contributed by atoms with Crippen molar-refractivity contribution >= 4 is 26.6 Å². The molecule has 0 unspecified atom stereocenters. The summed E-state index contributed by atoms with van der Waals surface area (Å²) >= 11 is 0. The van der Waals surface area contributed by atoms with Gasteiger partial charge in [0.25, 0.3) is 0 Å². The largest absolute Gasteiger partial charge is 0.414 e. The number of anilines is 1. The molecule has 0 radical (unpaired) electrons. The Hall–Kier alpha value is -2.86. The molecule has 0 saturated carbocycles. The molecule has 8 nitrogen and oxygen atoms in total. The van der Waals surface area contributed by atoms with Gasteiger partial charge in [0.15, 0.2) is 0 Å². The molecule has 1 aromatic carbocycles. The van der Waals surface area contributed by atoms with Crippen molar-refractivity contribution in [3.63, 3.8) is 0 Å². The summed E-state index contributed by atoms with van der Waals surface area (Å²) in [6, 6.07) is 5.38. The summed E-state index contributed by atoms with van der Waals surface area (Å²) < 4.78 is 31.2. The van der Waals surface area contributed by atoms with E-state index in [0.717, 1.165) is 12.0 Å². The van der Waals surface area contributed by atoms with E-state index in [1.165, 1.54) is 6.20 Å². The van der Waals surface area contributed by atoms with E-state index in [1.54, 1.807) is 12.1 Å². The van der Waals surface area contributed by atoms with Gasteiger partial charge in [-0.15, -0.1) is 5.10 Å². The first-order valence-electron chi connectivity index (χ1n) is 5.82. The topological polar surface area (TPSA) is 125 Å². The maximum atomic E-state index is 12.1. The number of hydrogen-bond donors (Lipinski definition) is 2. The first-order valence-corrected chi connectivity index (χ1v) is 7.31. The van der Waals surface area contributed by atoms with Gasteiger partial charge in [0.05, 0.1) is 16.8 Å². The SMILES string of the molecule is Cc1ccc(NS(=O)(=O)c2nnco2)c2[nH]cc(C#N)c12. The van der Waals surface area contributed by atoms with Crippen LogP contribution in [0.4, 0.5) is 5.69 Å². The van der Waals surface area contributed by atoms with E-state index in [4.69, 9.17) is 9.68 Å². The van der Waals surface area contributed by atoms with E-state index < -0.39 is 15.2 Å². The van der Waals surface area contributed by atoms with E-state index in [0.29, 0.717) is 22.2 Å². The third-order valence-electron chi connectivity index (χ3n) is 2.98. The van der Waals surface area contributed by atoms with Crippen molar-refractivity contribution in [3.05, 3.63) is 35.9 Å². The highest BCUT2D eigenvalue weighted by Crippen LogP contribution is 2.29. The Kier molecular flexibility index (Phi) is 2.88. The second-order valence-corrected chi connectivity index (χ2v) is 5.86. The minimum absolute atomic E-state index is 0.301. The van der Waals surface area contributed by atoms with E-state index in [9.17, 15) is 8.42 Å². The molecule has 0 amide bonds. The molecule has 0 fully saturated rings. The number of nitriles is 1. The van der Waals surface area contributed by atoms with Crippen LogP contribution in [0.5, 0.6) is 0 Å². The summed E-state index contributed by atoms with van der Waals surface area (Å²) in [7, 11) is -3.96. The molecule has 0 atom stereocenters. The highest BCUT2D eigenvalue weighted by atomic mass is 32.2. The van der Waals surface area contributed by atoms with Gasteiger partial charge in [-0.05, 0) is 18.6 Å². The van der Waals surface area contributed by atoms with Crippen molar-refractivity contribution in [2.24, 2.45) is 0 Å². The first kappa shape index (κ1) is 13.1. The van der Waals surface area contributed by atoms with Crippen molar-refractivity contribution in [2.75, 3.05) is 4.72 Å². The van der Waals surface area contributed by atoms with Gasteiger partial charge in [0.2, 0.25) is 6.39 Å². The zero-order chi connectivity index (χ0) is 15.0. The molecule has 0 bridgehead atoms.